The summed E-state index contributed by atoms with van der Waals surface area (Å²) in [6, 6.07) is 1.09. The van der Waals surface area contributed by atoms with E-state index in [9.17, 15) is 4.79 Å². The molecular formula is C21H34N4O2. The summed E-state index contributed by atoms with van der Waals surface area (Å²) in [6.45, 7) is 7.53. The average Bonchev–Trinajstić information content (AvgIpc) is 3.01. The smallest absolute Gasteiger partial charge is 0.237 e. The Bertz CT molecular complexity index is 663. The molecule has 1 aromatic heterocycles. The molecule has 27 heavy (non-hydrogen) atoms. The Labute approximate surface area is 162 Å². The number of amides is 1. The molecule has 1 aromatic rings. The van der Waals surface area contributed by atoms with Crippen LogP contribution in [0.25, 0.3) is 0 Å². The third kappa shape index (κ3) is 3.92. The standard InChI is InChI=1S/C21H34N4O2/c1-15(2)25-19-10-13-27-14-17(19)18(23-25)8-11-22-21(26)20-9-12-24(20)16-6-4-3-5-7-16/h15-16,20H,3-14H2,1-2H3,(H,22,26). The number of likely N-dealkylation sites (tertiary alicyclic amines) is 1. The van der Waals surface area contributed by atoms with E-state index in [1.807, 2.05) is 0 Å². The Morgan fingerprint density at radius 1 is 1.26 bits per heavy atom. The minimum Gasteiger partial charge on any atom is -0.376 e. The van der Waals surface area contributed by atoms with Crippen molar-refractivity contribution in [1.29, 1.82) is 0 Å². The maximum absolute atomic E-state index is 12.7. The van der Waals surface area contributed by atoms with Crippen molar-refractivity contribution < 1.29 is 9.53 Å². The van der Waals surface area contributed by atoms with E-state index < -0.39 is 0 Å². The lowest BCUT2D eigenvalue weighted by Gasteiger charge is -2.46. The van der Waals surface area contributed by atoms with Crippen molar-refractivity contribution in [3.05, 3.63) is 17.0 Å². The molecule has 1 amide bonds. The fourth-order valence-corrected chi connectivity index (χ4v) is 4.92. The number of hydrogen-bond acceptors (Lipinski definition) is 4. The fourth-order valence-electron chi connectivity index (χ4n) is 4.92. The number of aromatic nitrogens is 2. The van der Waals surface area contributed by atoms with Crippen LogP contribution in [0.4, 0.5) is 0 Å². The van der Waals surface area contributed by atoms with E-state index in [0.717, 1.165) is 38.1 Å². The summed E-state index contributed by atoms with van der Waals surface area (Å²) in [5.41, 5.74) is 3.66. The number of rotatable bonds is 6. The normalized spacial score (nSPS) is 23.9. The molecule has 0 spiro atoms. The van der Waals surface area contributed by atoms with Crippen molar-refractivity contribution in [2.24, 2.45) is 0 Å². The Balaban J connectivity index is 1.31. The first-order valence-electron chi connectivity index (χ1n) is 10.9. The Morgan fingerprint density at radius 2 is 2.07 bits per heavy atom. The van der Waals surface area contributed by atoms with Crippen LogP contribution in [-0.2, 0) is 29.0 Å². The maximum Gasteiger partial charge on any atom is 0.237 e. The molecule has 6 nitrogen and oxygen atoms in total. The van der Waals surface area contributed by atoms with Crippen LogP contribution in [0.1, 0.15) is 75.4 Å². The zero-order valence-corrected chi connectivity index (χ0v) is 16.9. The summed E-state index contributed by atoms with van der Waals surface area (Å²) >= 11 is 0. The summed E-state index contributed by atoms with van der Waals surface area (Å²) < 4.78 is 7.80. The molecule has 4 rings (SSSR count). The van der Waals surface area contributed by atoms with Crippen LogP contribution in [0, 0.1) is 0 Å². The van der Waals surface area contributed by atoms with Crippen LogP contribution < -0.4 is 5.32 Å². The predicted octanol–water partition coefficient (Wildman–Crippen LogP) is 2.60. The SMILES string of the molecule is CC(C)n1nc(CCNC(=O)C2CCN2C2CCCCC2)c2c1CCOC2. The number of ether oxygens (including phenoxy) is 1. The number of nitrogens with zero attached hydrogens (tertiary/aromatic N) is 3. The van der Waals surface area contributed by atoms with Crippen LogP contribution in [-0.4, -0.2) is 52.4 Å². The van der Waals surface area contributed by atoms with Gasteiger partial charge >= 0.3 is 0 Å². The molecule has 2 fully saturated rings. The van der Waals surface area contributed by atoms with Crippen LogP contribution in [0.3, 0.4) is 0 Å². The number of carbonyl (C=O) groups excluding carboxylic acids is 1. The van der Waals surface area contributed by atoms with E-state index in [1.165, 1.54) is 43.4 Å². The lowest BCUT2D eigenvalue weighted by atomic mass is 9.89. The zero-order valence-electron chi connectivity index (χ0n) is 16.9. The van der Waals surface area contributed by atoms with E-state index in [1.54, 1.807) is 0 Å². The lowest BCUT2D eigenvalue weighted by Crippen LogP contribution is -2.60. The third-order valence-corrected chi connectivity index (χ3v) is 6.49. The second-order valence-electron chi connectivity index (χ2n) is 8.59. The molecule has 0 aromatic carbocycles. The molecule has 0 radical (unpaired) electrons. The molecule has 1 saturated heterocycles. The van der Waals surface area contributed by atoms with E-state index in [0.29, 0.717) is 25.2 Å². The van der Waals surface area contributed by atoms with Crippen molar-refractivity contribution in [1.82, 2.24) is 20.0 Å². The molecule has 1 N–H and O–H groups in total. The number of carbonyl (C=O) groups is 1. The molecule has 1 aliphatic carbocycles. The lowest BCUT2D eigenvalue weighted by molar-refractivity contribution is -0.133. The fraction of sp³-hybridized carbons (Fsp3) is 0.810. The molecule has 1 saturated carbocycles. The summed E-state index contributed by atoms with van der Waals surface area (Å²) in [7, 11) is 0. The highest BCUT2D eigenvalue weighted by Gasteiger charge is 2.38. The van der Waals surface area contributed by atoms with Gasteiger partial charge in [-0.3, -0.25) is 14.4 Å². The van der Waals surface area contributed by atoms with Crippen molar-refractivity contribution in [2.45, 2.75) is 89.9 Å². The summed E-state index contributed by atoms with van der Waals surface area (Å²) in [5, 5.41) is 8.01. The van der Waals surface area contributed by atoms with Gasteiger partial charge in [-0.1, -0.05) is 19.3 Å². The Morgan fingerprint density at radius 3 is 2.78 bits per heavy atom. The zero-order chi connectivity index (χ0) is 18.8. The van der Waals surface area contributed by atoms with Crippen molar-refractivity contribution >= 4 is 5.91 Å². The first kappa shape index (κ1) is 18.9. The summed E-state index contributed by atoms with van der Waals surface area (Å²) in [5.74, 6) is 0.209. The summed E-state index contributed by atoms with van der Waals surface area (Å²) in [4.78, 5) is 15.1. The second kappa shape index (κ2) is 8.31. The molecule has 0 bridgehead atoms. The van der Waals surface area contributed by atoms with E-state index in [4.69, 9.17) is 9.84 Å². The summed E-state index contributed by atoms with van der Waals surface area (Å²) in [6.07, 6.45) is 9.26. The first-order chi connectivity index (χ1) is 13.1. The van der Waals surface area contributed by atoms with Crippen molar-refractivity contribution in [3.63, 3.8) is 0 Å². The largest absolute Gasteiger partial charge is 0.376 e. The second-order valence-corrected chi connectivity index (χ2v) is 8.59. The van der Waals surface area contributed by atoms with E-state index in [2.05, 4.69) is 28.7 Å². The monoisotopic (exact) mass is 374 g/mol. The number of nitrogens with one attached hydrogen (secondary N) is 1. The molecule has 6 heteroatoms. The van der Waals surface area contributed by atoms with Gasteiger partial charge in [-0.25, -0.2) is 0 Å². The number of hydrogen-bond donors (Lipinski definition) is 1. The quantitative estimate of drug-likeness (QED) is 0.831. The Hall–Kier alpha value is -1.40. The van der Waals surface area contributed by atoms with Gasteiger partial charge in [0.05, 0.1) is 24.9 Å². The predicted molar refractivity (Wildman–Crippen MR) is 105 cm³/mol. The molecule has 1 unspecified atom stereocenters. The molecule has 2 aliphatic heterocycles. The van der Waals surface area contributed by atoms with Crippen LogP contribution in [0.5, 0.6) is 0 Å². The van der Waals surface area contributed by atoms with Gasteiger partial charge in [0.2, 0.25) is 5.91 Å². The molecule has 3 aliphatic rings. The van der Waals surface area contributed by atoms with Crippen molar-refractivity contribution in [3.8, 4) is 0 Å². The highest BCUT2D eigenvalue weighted by Crippen LogP contribution is 2.30. The third-order valence-electron chi connectivity index (χ3n) is 6.49. The topological polar surface area (TPSA) is 59.4 Å². The van der Waals surface area contributed by atoms with Crippen LogP contribution >= 0.6 is 0 Å². The van der Waals surface area contributed by atoms with Crippen LogP contribution in [0.15, 0.2) is 0 Å². The highest BCUT2D eigenvalue weighted by atomic mass is 16.5. The van der Waals surface area contributed by atoms with Crippen LogP contribution in [0.2, 0.25) is 0 Å². The highest BCUT2D eigenvalue weighted by molar-refractivity contribution is 5.82. The van der Waals surface area contributed by atoms with Gasteiger partial charge < -0.3 is 10.1 Å². The van der Waals surface area contributed by atoms with Crippen molar-refractivity contribution in [2.75, 3.05) is 19.7 Å². The van der Waals surface area contributed by atoms with Gasteiger partial charge in [-0.2, -0.15) is 5.10 Å². The molecular weight excluding hydrogens is 340 g/mol. The van der Waals surface area contributed by atoms with E-state index >= 15 is 0 Å². The van der Waals surface area contributed by atoms with Gasteiger partial charge in [-0.15, -0.1) is 0 Å². The van der Waals surface area contributed by atoms with E-state index in [-0.39, 0.29) is 11.9 Å². The molecule has 3 heterocycles. The van der Waals surface area contributed by atoms with Gasteiger partial charge in [0.15, 0.2) is 0 Å². The first-order valence-corrected chi connectivity index (χ1v) is 10.9. The number of fused-ring (bicyclic) bond motifs is 1. The Kier molecular flexibility index (Phi) is 5.83. The molecule has 150 valence electrons. The minimum atomic E-state index is 0.0959. The molecule has 1 atom stereocenters. The van der Waals surface area contributed by atoms with Gasteiger partial charge in [-0.05, 0) is 33.1 Å². The minimum absolute atomic E-state index is 0.0959. The average molecular weight is 375 g/mol. The van der Waals surface area contributed by atoms with Gasteiger partial charge in [0.25, 0.3) is 0 Å². The van der Waals surface area contributed by atoms with Gasteiger partial charge in [0.1, 0.15) is 0 Å². The van der Waals surface area contributed by atoms with Gasteiger partial charge in [0, 0.05) is 49.3 Å². The maximum atomic E-state index is 12.7.